The predicted molar refractivity (Wildman–Crippen MR) is 78.6 cm³/mol. The van der Waals surface area contributed by atoms with Crippen LogP contribution in [-0.4, -0.2) is 41.2 Å². The summed E-state index contributed by atoms with van der Waals surface area (Å²) < 4.78 is 10.8. The molecule has 0 fully saturated rings. The van der Waals surface area contributed by atoms with Gasteiger partial charge >= 0.3 is 0 Å². The second-order valence-corrected chi connectivity index (χ2v) is 5.19. The van der Waals surface area contributed by atoms with E-state index in [0.717, 1.165) is 5.56 Å². The van der Waals surface area contributed by atoms with Gasteiger partial charge in [-0.3, -0.25) is 0 Å². The van der Waals surface area contributed by atoms with E-state index in [2.05, 4.69) is 15.5 Å². The average Bonchev–Trinajstić information content (AvgIpc) is 2.96. The topological polar surface area (TPSA) is 80.4 Å². The number of nitrogens with zero attached hydrogens (tertiary/aromatic N) is 2. The Morgan fingerprint density at radius 3 is 2.71 bits per heavy atom. The zero-order valence-corrected chi connectivity index (χ0v) is 12.4. The lowest BCUT2D eigenvalue weighted by Gasteiger charge is -2.28. The normalized spacial score (nSPS) is 14.0. The van der Waals surface area contributed by atoms with Gasteiger partial charge in [-0.1, -0.05) is 18.2 Å². The average molecular weight is 291 g/mol. The molecule has 0 saturated carbocycles. The molecule has 6 nitrogen and oxygen atoms in total. The number of benzene rings is 1. The second kappa shape index (κ2) is 7.31. The van der Waals surface area contributed by atoms with Crippen LogP contribution in [-0.2, 0) is 11.3 Å². The van der Waals surface area contributed by atoms with Gasteiger partial charge in [0.15, 0.2) is 0 Å². The molecule has 0 saturated heterocycles. The number of methoxy groups -OCH3 is 1. The molecule has 0 aliphatic carbocycles. The lowest BCUT2D eigenvalue weighted by atomic mass is 9.99. The lowest BCUT2D eigenvalue weighted by molar-refractivity contribution is 0.0953. The Hall–Kier alpha value is -1.76. The fourth-order valence-corrected chi connectivity index (χ4v) is 2.09. The summed E-state index contributed by atoms with van der Waals surface area (Å²) in [6, 6.07) is 9.63. The van der Waals surface area contributed by atoms with Gasteiger partial charge in [-0.25, -0.2) is 0 Å². The second-order valence-electron chi connectivity index (χ2n) is 5.19. The highest BCUT2D eigenvalue weighted by Crippen LogP contribution is 2.17. The first-order valence-corrected chi connectivity index (χ1v) is 6.89. The molecule has 0 amide bonds. The summed E-state index contributed by atoms with van der Waals surface area (Å²) in [6.07, 6.45) is 0.584. The van der Waals surface area contributed by atoms with Crippen LogP contribution in [0.15, 0.2) is 34.7 Å². The van der Waals surface area contributed by atoms with E-state index in [-0.39, 0.29) is 12.1 Å². The number of ether oxygens (including phenoxy) is 1. The summed E-state index contributed by atoms with van der Waals surface area (Å²) in [6.45, 7) is 3.00. The monoisotopic (exact) mass is 291 g/mol. The van der Waals surface area contributed by atoms with Gasteiger partial charge in [0.2, 0.25) is 11.8 Å². The third-order valence-corrected chi connectivity index (χ3v) is 3.28. The number of aliphatic hydroxyl groups is 1. The highest BCUT2D eigenvalue weighted by Gasteiger charge is 2.24. The van der Waals surface area contributed by atoms with E-state index in [4.69, 9.17) is 14.3 Å². The number of aliphatic hydroxyl groups excluding tert-OH is 1. The Morgan fingerprint density at radius 1 is 1.29 bits per heavy atom. The van der Waals surface area contributed by atoms with E-state index < -0.39 is 0 Å². The van der Waals surface area contributed by atoms with Crippen LogP contribution in [0.2, 0.25) is 0 Å². The molecule has 0 bridgehead atoms. The molecule has 1 atom stereocenters. The van der Waals surface area contributed by atoms with Gasteiger partial charge < -0.3 is 19.6 Å². The van der Waals surface area contributed by atoms with Crippen molar-refractivity contribution in [2.45, 2.75) is 25.4 Å². The summed E-state index contributed by atoms with van der Waals surface area (Å²) in [4.78, 5) is 0. The van der Waals surface area contributed by atoms with Crippen LogP contribution in [0.5, 0.6) is 0 Å². The highest BCUT2D eigenvalue weighted by atomic mass is 16.5. The van der Waals surface area contributed by atoms with Gasteiger partial charge in [0, 0.05) is 24.8 Å². The van der Waals surface area contributed by atoms with Crippen molar-refractivity contribution in [3.63, 3.8) is 0 Å². The van der Waals surface area contributed by atoms with Gasteiger partial charge in [-0.2, -0.15) is 0 Å². The van der Waals surface area contributed by atoms with E-state index in [1.165, 1.54) is 0 Å². The Morgan fingerprint density at radius 2 is 2.05 bits per heavy atom. The standard InChI is InChI=1S/C15H21N3O3/c1-15(8-9-19,11-20-2)16-10-13-17-18-14(21-13)12-6-4-3-5-7-12/h3-7,16,19H,8-11H2,1-2H3. The zero-order chi connectivity index (χ0) is 15.1. The van der Waals surface area contributed by atoms with E-state index in [1.807, 2.05) is 37.3 Å². The van der Waals surface area contributed by atoms with Crippen molar-refractivity contribution in [2.24, 2.45) is 0 Å². The Balaban J connectivity index is 1.99. The smallest absolute Gasteiger partial charge is 0.247 e. The number of hydrogen-bond acceptors (Lipinski definition) is 6. The summed E-state index contributed by atoms with van der Waals surface area (Å²) in [5.41, 5.74) is 0.566. The summed E-state index contributed by atoms with van der Waals surface area (Å²) in [5.74, 6) is 1.01. The lowest BCUT2D eigenvalue weighted by Crippen LogP contribution is -2.46. The highest BCUT2D eigenvalue weighted by molar-refractivity contribution is 5.51. The Bertz CT molecular complexity index is 536. The minimum Gasteiger partial charge on any atom is -0.419 e. The third kappa shape index (κ3) is 4.35. The molecular weight excluding hydrogens is 270 g/mol. The third-order valence-electron chi connectivity index (χ3n) is 3.28. The van der Waals surface area contributed by atoms with Gasteiger partial charge in [0.05, 0.1) is 13.2 Å². The van der Waals surface area contributed by atoms with Crippen LogP contribution >= 0.6 is 0 Å². The molecule has 114 valence electrons. The molecule has 0 aliphatic rings. The SMILES string of the molecule is COCC(C)(CCO)NCc1nnc(-c2ccccc2)o1. The maximum atomic E-state index is 9.13. The number of aromatic nitrogens is 2. The number of rotatable bonds is 8. The van der Waals surface area contributed by atoms with Crippen molar-refractivity contribution in [2.75, 3.05) is 20.3 Å². The van der Waals surface area contributed by atoms with Gasteiger partial charge in [-0.15, -0.1) is 10.2 Å². The molecule has 1 aromatic carbocycles. The fourth-order valence-electron chi connectivity index (χ4n) is 2.09. The first-order valence-electron chi connectivity index (χ1n) is 6.89. The maximum Gasteiger partial charge on any atom is 0.247 e. The predicted octanol–water partition coefficient (Wildman–Crippen LogP) is 1.61. The van der Waals surface area contributed by atoms with Crippen LogP contribution in [0.3, 0.4) is 0 Å². The molecule has 1 heterocycles. The summed E-state index contributed by atoms with van der Waals surface area (Å²) in [5, 5.41) is 20.5. The van der Waals surface area contributed by atoms with Crippen LogP contribution in [0.4, 0.5) is 0 Å². The first-order chi connectivity index (χ1) is 10.2. The molecule has 1 unspecified atom stereocenters. The quantitative estimate of drug-likeness (QED) is 0.769. The van der Waals surface area contributed by atoms with Crippen LogP contribution in [0.1, 0.15) is 19.2 Å². The van der Waals surface area contributed by atoms with Crippen molar-refractivity contribution < 1.29 is 14.3 Å². The van der Waals surface area contributed by atoms with E-state index in [9.17, 15) is 0 Å². The minimum absolute atomic E-state index is 0.0892. The first kappa shape index (κ1) is 15.6. The van der Waals surface area contributed by atoms with Crippen molar-refractivity contribution in [3.05, 3.63) is 36.2 Å². The molecule has 0 aliphatic heterocycles. The van der Waals surface area contributed by atoms with Gasteiger partial charge in [-0.05, 0) is 25.5 Å². The van der Waals surface area contributed by atoms with Crippen molar-refractivity contribution in [3.8, 4) is 11.5 Å². The molecule has 2 rings (SSSR count). The Labute approximate surface area is 124 Å². The fraction of sp³-hybridized carbons (Fsp3) is 0.467. The van der Waals surface area contributed by atoms with Crippen molar-refractivity contribution >= 4 is 0 Å². The molecular formula is C15H21N3O3. The molecule has 6 heteroatoms. The molecule has 0 radical (unpaired) electrons. The van der Waals surface area contributed by atoms with Crippen LogP contribution in [0, 0.1) is 0 Å². The van der Waals surface area contributed by atoms with Gasteiger partial charge in [0.1, 0.15) is 0 Å². The molecule has 2 N–H and O–H groups in total. The maximum absolute atomic E-state index is 9.13. The number of nitrogens with one attached hydrogen (secondary N) is 1. The molecule has 0 spiro atoms. The Kier molecular flexibility index (Phi) is 5.44. The van der Waals surface area contributed by atoms with Crippen molar-refractivity contribution in [1.29, 1.82) is 0 Å². The molecule has 1 aromatic heterocycles. The number of hydrogen-bond donors (Lipinski definition) is 2. The minimum atomic E-state index is -0.328. The largest absolute Gasteiger partial charge is 0.419 e. The van der Waals surface area contributed by atoms with E-state index >= 15 is 0 Å². The van der Waals surface area contributed by atoms with Gasteiger partial charge in [0.25, 0.3) is 0 Å². The van der Waals surface area contributed by atoms with Crippen molar-refractivity contribution in [1.82, 2.24) is 15.5 Å². The molecule has 21 heavy (non-hydrogen) atoms. The molecule has 2 aromatic rings. The summed E-state index contributed by atoms with van der Waals surface area (Å²) in [7, 11) is 1.64. The zero-order valence-electron chi connectivity index (χ0n) is 12.4. The summed E-state index contributed by atoms with van der Waals surface area (Å²) >= 11 is 0. The van der Waals surface area contributed by atoms with E-state index in [1.54, 1.807) is 7.11 Å². The van der Waals surface area contributed by atoms with Crippen LogP contribution in [0.25, 0.3) is 11.5 Å². The van der Waals surface area contributed by atoms with Crippen LogP contribution < -0.4 is 5.32 Å². The van der Waals surface area contributed by atoms with E-state index in [0.29, 0.717) is 31.4 Å².